The number of esters is 1. The Labute approximate surface area is 121 Å². The van der Waals surface area contributed by atoms with Gasteiger partial charge in [-0.1, -0.05) is 29.9 Å². The molecule has 0 saturated heterocycles. The molecule has 7 heteroatoms. The van der Waals surface area contributed by atoms with Crippen LogP contribution in [-0.4, -0.2) is 48.6 Å². The van der Waals surface area contributed by atoms with Crippen molar-refractivity contribution in [3.05, 3.63) is 10.0 Å². The van der Waals surface area contributed by atoms with Crippen molar-refractivity contribution in [3.8, 4) is 0 Å². The second-order valence-corrected chi connectivity index (χ2v) is 5.77. The molecule has 19 heavy (non-hydrogen) atoms. The van der Waals surface area contributed by atoms with Crippen LogP contribution >= 0.6 is 22.9 Å². The van der Waals surface area contributed by atoms with E-state index in [1.807, 2.05) is 0 Å². The van der Waals surface area contributed by atoms with Gasteiger partial charge in [-0.25, -0.2) is 9.78 Å². The van der Waals surface area contributed by atoms with Gasteiger partial charge in [-0.05, 0) is 19.4 Å². The van der Waals surface area contributed by atoms with Crippen LogP contribution in [0.4, 0.5) is 5.13 Å². The van der Waals surface area contributed by atoms with Gasteiger partial charge < -0.3 is 10.1 Å². The molecule has 106 valence electrons. The Morgan fingerprint density at radius 1 is 1.63 bits per heavy atom. The van der Waals surface area contributed by atoms with E-state index in [0.29, 0.717) is 10.0 Å². The molecule has 5 nitrogen and oxygen atoms in total. The first kappa shape index (κ1) is 14.6. The number of methoxy groups -OCH3 is 1. The molecule has 1 N–H and O–H groups in total. The first-order chi connectivity index (χ1) is 9.15. The molecule has 0 atom stereocenters. The van der Waals surface area contributed by atoms with Gasteiger partial charge in [0, 0.05) is 19.1 Å². The first-order valence-electron chi connectivity index (χ1n) is 6.38. The summed E-state index contributed by atoms with van der Waals surface area (Å²) in [5.41, 5.74) is 0. The number of hydrogen-bond acceptors (Lipinski definition) is 6. The fraction of sp³-hybridized carbons (Fsp3) is 0.667. The standard InChI is InChI=1S/C12H18ClN3O2S/c1-3-16(8-4-5-8)7-6-14-12-15-10(13)9(19-12)11(17)18-2/h8H,3-7H2,1-2H3,(H,14,15). The van der Waals surface area contributed by atoms with Crippen LogP contribution in [0.3, 0.4) is 0 Å². The van der Waals surface area contributed by atoms with E-state index in [0.717, 1.165) is 25.7 Å². The maximum atomic E-state index is 11.4. The van der Waals surface area contributed by atoms with Crippen molar-refractivity contribution in [2.24, 2.45) is 0 Å². The summed E-state index contributed by atoms with van der Waals surface area (Å²) in [5.74, 6) is -0.441. The van der Waals surface area contributed by atoms with E-state index in [9.17, 15) is 4.79 Å². The van der Waals surface area contributed by atoms with Crippen LogP contribution in [0.2, 0.25) is 5.15 Å². The molecule has 0 unspecified atom stereocenters. The predicted octanol–water partition coefficient (Wildman–Crippen LogP) is 2.48. The van der Waals surface area contributed by atoms with E-state index >= 15 is 0 Å². The molecule has 1 aromatic rings. The lowest BCUT2D eigenvalue weighted by Gasteiger charge is -2.19. The quantitative estimate of drug-likeness (QED) is 0.784. The van der Waals surface area contributed by atoms with E-state index in [4.69, 9.17) is 11.6 Å². The number of likely N-dealkylation sites (N-methyl/N-ethyl adjacent to an activating group) is 1. The Hall–Kier alpha value is -0.850. The molecule has 1 heterocycles. The monoisotopic (exact) mass is 303 g/mol. The van der Waals surface area contributed by atoms with Crippen molar-refractivity contribution < 1.29 is 9.53 Å². The second kappa shape index (κ2) is 6.54. The number of nitrogens with zero attached hydrogens (tertiary/aromatic N) is 2. The summed E-state index contributed by atoms with van der Waals surface area (Å²) in [4.78, 5) is 18.3. The maximum Gasteiger partial charge on any atom is 0.351 e. The van der Waals surface area contributed by atoms with Gasteiger partial charge in [0.1, 0.15) is 0 Å². The number of nitrogens with one attached hydrogen (secondary N) is 1. The fourth-order valence-electron chi connectivity index (χ4n) is 1.94. The Balaban J connectivity index is 1.84. The summed E-state index contributed by atoms with van der Waals surface area (Å²) >= 11 is 7.12. The number of ether oxygens (including phenoxy) is 1. The zero-order valence-electron chi connectivity index (χ0n) is 11.1. The lowest BCUT2D eigenvalue weighted by atomic mass is 10.4. The number of thiazole rings is 1. The number of rotatable bonds is 7. The topological polar surface area (TPSA) is 54.5 Å². The summed E-state index contributed by atoms with van der Waals surface area (Å²) in [7, 11) is 1.33. The highest BCUT2D eigenvalue weighted by Crippen LogP contribution is 2.28. The number of halogens is 1. The molecule has 1 aromatic heterocycles. The molecule has 1 fully saturated rings. The zero-order valence-corrected chi connectivity index (χ0v) is 12.7. The minimum atomic E-state index is -0.441. The van der Waals surface area contributed by atoms with Gasteiger partial charge in [0.2, 0.25) is 0 Å². The Morgan fingerprint density at radius 3 is 2.95 bits per heavy atom. The third-order valence-corrected chi connectivity index (χ3v) is 4.48. The Bertz CT molecular complexity index is 448. The smallest absolute Gasteiger partial charge is 0.351 e. The lowest BCUT2D eigenvalue weighted by Crippen LogP contribution is -2.30. The van der Waals surface area contributed by atoms with Crippen LogP contribution < -0.4 is 5.32 Å². The highest BCUT2D eigenvalue weighted by atomic mass is 35.5. The van der Waals surface area contributed by atoms with Crippen LogP contribution in [0.5, 0.6) is 0 Å². The molecule has 0 aliphatic heterocycles. The van der Waals surface area contributed by atoms with Crippen molar-refractivity contribution in [2.45, 2.75) is 25.8 Å². The van der Waals surface area contributed by atoms with E-state index in [-0.39, 0.29) is 5.15 Å². The number of carbonyl (C=O) groups is 1. The molecule has 1 aliphatic rings. The van der Waals surface area contributed by atoms with Gasteiger partial charge >= 0.3 is 5.97 Å². The van der Waals surface area contributed by atoms with Crippen molar-refractivity contribution in [2.75, 3.05) is 32.1 Å². The molecule has 1 aliphatic carbocycles. The Kier molecular flexibility index (Phi) is 5.01. The predicted molar refractivity (Wildman–Crippen MR) is 77.2 cm³/mol. The lowest BCUT2D eigenvalue weighted by molar-refractivity contribution is 0.0606. The highest BCUT2D eigenvalue weighted by molar-refractivity contribution is 7.18. The molecule has 0 amide bonds. The van der Waals surface area contributed by atoms with Crippen molar-refractivity contribution in [1.82, 2.24) is 9.88 Å². The van der Waals surface area contributed by atoms with Gasteiger partial charge in [-0.3, -0.25) is 4.90 Å². The minimum absolute atomic E-state index is 0.203. The highest BCUT2D eigenvalue weighted by Gasteiger charge is 2.27. The third kappa shape index (κ3) is 3.81. The van der Waals surface area contributed by atoms with Gasteiger partial charge in [-0.2, -0.15) is 0 Å². The molecule has 0 radical (unpaired) electrons. The Morgan fingerprint density at radius 2 is 2.37 bits per heavy atom. The van der Waals surface area contributed by atoms with Gasteiger partial charge in [0.05, 0.1) is 7.11 Å². The summed E-state index contributed by atoms with van der Waals surface area (Å²) in [6.07, 6.45) is 2.62. The van der Waals surface area contributed by atoms with E-state index in [1.54, 1.807) is 0 Å². The number of anilines is 1. The van der Waals surface area contributed by atoms with Crippen LogP contribution in [0.15, 0.2) is 0 Å². The average molecular weight is 304 g/mol. The third-order valence-electron chi connectivity index (χ3n) is 3.10. The molecule has 0 bridgehead atoms. The summed E-state index contributed by atoms with van der Waals surface area (Å²) in [6.45, 7) is 5.02. The largest absolute Gasteiger partial charge is 0.465 e. The van der Waals surface area contributed by atoms with Gasteiger partial charge in [0.15, 0.2) is 15.2 Å². The second-order valence-electron chi connectivity index (χ2n) is 4.42. The number of aromatic nitrogens is 1. The molecule has 0 spiro atoms. The van der Waals surface area contributed by atoms with Gasteiger partial charge in [-0.15, -0.1) is 0 Å². The average Bonchev–Trinajstić information content (AvgIpc) is 3.18. The van der Waals surface area contributed by atoms with Crippen molar-refractivity contribution in [1.29, 1.82) is 0 Å². The molecule has 2 rings (SSSR count). The fourth-order valence-corrected chi connectivity index (χ4v) is 3.07. The number of carbonyl (C=O) groups excluding carboxylic acids is 1. The number of hydrogen-bond donors (Lipinski definition) is 1. The minimum Gasteiger partial charge on any atom is -0.465 e. The molecule has 0 aromatic carbocycles. The van der Waals surface area contributed by atoms with Gasteiger partial charge in [0.25, 0.3) is 0 Å². The zero-order chi connectivity index (χ0) is 13.8. The maximum absolute atomic E-state index is 11.4. The van der Waals surface area contributed by atoms with E-state index in [1.165, 1.54) is 31.3 Å². The summed E-state index contributed by atoms with van der Waals surface area (Å²) < 4.78 is 4.64. The SMILES string of the molecule is CCN(CCNc1nc(Cl)c(C(=O)OC)s1)C1CC1. The molecular formula is C12H18ClN3O2S. The molecular weight excluding hydrogens is 286 g/mol. The van der Waals surface area contributed by atoms with Crippen molar-refractivity contribution in [3.63, 3.8) is 0 Å². The molecule has 1 saturated carbocycles. The van der Waals surface area contributed by atoms with E-state index < -0.39 is 5.97 Å². The summed E-state index contributed by atoms with van der Waals surface area (Å²) in [5, 5.41) is 4.07. The van der Waals surface area contributed by atoms with Crippen LogP contribution in [-0.2, 0) is 4.74 Å². The van der Waals surface area contributed by atoms with Crippen LogP contribution in [0, 0.1) is 0 Å². The normalized spacial score (nSPS) is 14.7. The summed E-state index contributed by atoms with van der Waals surface area (Å²) in [6, 6.07) is 0.761. The van der Waals surface area contributed by atoms with Crippen LogP contribution in [0.25, 0.3) is 0 Å². The van der Waals surface area contributed by atoms with E-state index in [2.05, 4.69) is 26.9 Å². The van der Waals surface area contributed by atoms with Crippen molar-refractivity contribution >= 4 is 34.0 Å². The first-order valence-corrected chi connectivity index (χ1v) is 7.57. The van der Waals surface area contributed by atoms with Crippen LogP contribution in [0.1, 0.15) is 29.4 Å².